The minimum atomic E-state index is -0.398. The second kappa shape index (κ2) is 2.99. The van der Waals surface area contributed by atoms with Crippen LogP contribution in [0.15, 0.2) is 18.2 Å². The van der Waals surface area contributed by atoms with Crippen molar-refractivity contribution < 1.29 is 4.92 Å². The van der Waals surface area contributed by atoms with Crippen molar-refractivity contribution in [3.05, 3.63) is 39.0 Å². The van der Waals surface area contributed by atoms with Crippen LogP contribution >= 0.6 is 11.6 Å². The Morgan fingerprint density at radius 3 is 2.86 bits per heavy atom. The summed E-state index contributed by atoms with van der Waals surface area (Å²) in [6, 6.07) is 5.03. The summed E-state index contributed by atoms with van der Waals surface area (Å²) >= 11 is 5.77. The number of aromatic amines is 1. The highest BCUT2D eigenvalue weighted by molar-refractivity contribution is 6.31. The summed E-state index contributed by atoms with van der Waals surface area (Å²) in [6.45, 7) is 1.67. The Hall–Kier alpha value is -1.55. The van der Waals surface area contributed by atoms with E-state index in [1.54, 1.807) is 25.1 Å². The van der Waals surface area contributed by atoms with Gasteiger partial charge in [-0.1, -0.05) is 11.6 Å². The molecule has 14 heavy (non-hydrogen) atoms. The van der Waals surface area contributed by atoms with Gasteiger partial charge in [-0.25, -0.2) is 0 Å². The highest BCUT2D eigenvalue weighted by Crippen LogP contribution is 2.30. The summed E-state index contributed by atoms with van der Waals surface area (Å²) in [6.07, 6.45) is 0. The smallest absolute Gasteiger partial charge is 0.297 e. The van der Waals surface area contributed by atoms with Crippen molar-refractivity contribution >= 4 is 28.2 Å². The number of H-pyrrole nitrogens is 1. The number of benzene rings is 1. The van der Waals surface area contributed by atoms with Gasteiger partial charge in [0.05, 0.1) is 21.5 Å². The zero-order chi connectivity index (χ0) is 10.3. The Balaban J connectivity index is 2.86. The third-order valence-corrected chi connectivity index (χ3v) is 2.33. The lowest BCUT2D eigenvalue weighted by Gasteiger charge is -1.91. The second-order valence-electron chi connectivity index (χ2n) is 3.05. The predicted molar refractivity (Wildman–Crippen MR) is 54.7 cm³/mol. The first-order chi connectivity index (χ1) is 6.59. The van der Waals surface area contributed by atoms with Crippen molar-refractivity contribution in [1.29, 1.82) is 0 Å². The van der Waals surface area contributed by atoms with Gasteiger partial charge >= 0.3 is 0 Å². The van der Waals surface area contributed by atoms with Crippen LogP contribution in [0.4, 0.5) is 5.69 Å². The molecule has 0 amide bonds. The van der Waals surface area contributed by atoms with Gasteiger partial charge < -0.3 is 4.98 Å². The molecule has 1 N–H and O–H groups in total. The van der Waals surface area contributed by atoms with Crippen molar-refractivity contribution in [1.82, 2.24) is 4.98 Å². The maximum Gasteiger partial charge on any atom is 0.297 e. The lowest BCUT2D eigenvalue weighted by molar-refractivity contribution is -0.383. The largest absolute Gasteiger partial charge is 0.353 e. The molecule has 0 fully saturated rings. The summed E-state index contributed by atoms with van der Waals surface area (Å²) in [5.41, 5.74) is 1.38. The van der Waals surface area contributed by atoms with Gasteiger partial charge in [0.2, 0.25) is 0 Å². The third kappa shape index (κ3) is 1.24. The van der Waals surface area contributed by atoms with Crippen LogP contribution in [0.25, 0.3) is 10.9 Å². The third-order valence-electron chi connectivity index (χ3n) is 2.10. The number of rotatable bonds is 1. The van der Waals surface area contributed by atoms with Gasteiger partial charge in [-0.15, -0.1) is 0 Å². The van der Waals surface area contributed by atoms with Crippen LogP contribution in [-0.2, 0) is 0 Å². The molecule has 5 heteroatoms. The quantitative estimate of drug-likeness (QED) is 0.581. The van der Waals surface area contributed by atoms with Crippen LogP contribution in [-0.4, -0.2) is 9.91 Å². The molecule has 0 aliphatic carbocycles. The molecule has 0 saturated carbocycles. The van der Waals surface area contributed by atoms with Gasteiger partial charge in [0.25, 0.3) is 5.69 Å². The fraction of sp³-hybridized carbons (Fsp3) is 0.111. The van der Waals surface area contributed by atoms with Crippen molar-refractivity contribution in [3.8, 4) is 0 Å². The maximum atomic E-state index is 10.8. The SMILES string of the molecule is Cc1[nH]c2ccc(Cl)cc2c1[N+](=O)[O-]. The molecule has 0 bridgehead atoms. The fourth-order valence-electron chi connectivity index (χ4n) is 1.52. The minimum Gasteiger partial charge on any atom is -0.353 e. The second-order valence-corrected chi connectivity index (χ2v) is 3.48. The van der Waals surface area contributed by atoms with E-state index in [1.165, 1.54) is 0 Å². The van der Waals surface area contributed by atoms with Gasteiger partial charge in [-0.3, -0.25) is 10.1 Å². The van der Waals surface area contributed by atoms with Gasteiger partial charge in [-0.05, 0) is 25.1 Å². The predicted octanol–water partition coefficient (Wildman–Crippen LogP) is 3.04. The van der Waals surface area contributed by atoms with E-state index in [1.807, 2.05) is 0 Å². The molecule has 0 aliphatic heterocycles. The first-order valence-electron chi connectivity index (χ1n) is 4.02. The van der Waals surface area contributed by atoms with Crippen molar-refractivity contribution in [3.63, 3.8) is 0 Å². The lowest BCUT2D eigenvalue weighted by Crippen LogP contribution is -1.88. The topological polar surface area (TPSA) is 58.9 Å². The van der Waals surface area contributed by atoms with Crippen LogP contribution < -0.4 is 0 Å². The highest BCUT2D eigenvalue weighted by atomic mass is 35.5. The number of aromatic nitrogens is 1. The first kappa shape index (κ1) is 9.02. The number of nitro groups is 1. The molecule has 0 aliphatic rings. The Bertz CT molecular complexity index is 519. The Labute approximate surface area is 84.6 Å². The standard InChI is InChI=1S/C9H7ClN2O2/c1-5-9(12(13)14)7-4-6(10)2-3-8(7)11-5/h2-4,11H,1H3. The van der Waals surface area contributed by atoms with Crippen LogP contribution in [0.5, 0.6) is 0 Å². The number of nitrogens with one attached hydrogen (secondary N) is 1. The highest BCUT2D eigenvalue weighted by Gasteiger charge is 2.18. The van der Waals surface area contributed by atoms with E-state index in [0.29, 0.717) is 16.1 Å². The molecule has 0 radical (unpaired) electrons. The van der Waals surface area contributed by atoms with Crippen molar-refractivity contribution in [2.45, 2.75) is 6.92 Å². The summed E-state index contributed by atoms with van der Waals surface area (Å²) < 4.78 is 0. The molecule has 2 aromatic rings. The first-order valence-corrected chi connectivity index (χ1v) is 4.39. The fourth-order valence-corrected chi connectivity index (χ4v) is 1.69. The summed E-state index contributed by atoms with van der Waals surface area (Å²) in [5, 5.41) is 11.8. The van der Waals surface area contributed by atoms with E-state index < -0.39 is 4.92 Å². The molecule has 0 saturated heterocycles. The van der Waals surface area contributed by atoms with Crippen LogP contribution in [0.1, 0.15) is 5.69 Å². The molecular weight excluding hydrogens is 204 g/mol. The molecule has 1 aromatic heterocycles. The molecule has 72 valence electrons. The normalized spacial score (nSPS) is 10.7. The van der Waals surface area contributed by atoms with Crippen molar-refractivity contribution in [2.24, 2.45) is 0 Å². The molecule has 0 atom stereocenters. The number of fused-ring (bicyclic) bond motifs is 1. The Morgan fingerprint density at radius 1 is 1.50 bits per heavy atom. The number of hydrogen-bond acceptors (Lipinski definition) is 2. The maximum absolute atomic E-state index is 10.8. The van der Waals surface area contributed by atoms with Gasteiger partial charge in [0.15, 0.2) is 0 Å². The number of aryl methyl sites for hydroxylation is 1. The van der Waals surface area contributed by atoms with E-state index in [-0.39, 0.29) is 5.69 Å². The average molecular weight is 211 g/mol. The van der Waals surface area contributed by atoms with E-state index in [4.69, 9.17) is 11.6 Å². The zero-order valence-corrected chi connectivity index (χ0v) is 8.13. The van der Waals surface area contributed by atoms with Crippen LogP contribution in [0, 0.1) is 17.0 Å². The van der Waals surface area contributed by atoms with E-state index >= 15 is 0 Å². The van der Waals surface area contributed by atoms with Crippen molar-refractivity contribution in [2.75, 3.05) is 0 Å². The number of halogens is 1. The molecule has 0 spiro atoms. The number of nitrogens with zero attached hydrogens (tertiary/aromatic N) is 1. The lowest BCUT2D eigenvalue weighted by atomic mass is 10.2. The van der Waals surface area contributed by atoms with E-state index in [0.717, 1.165) is 5.52 Å². The molecular formula is C9H7ClN2O2. The minimum absolute atomic E-state index is 0.0995. The van der Waals surface area contributed by atoms with Gasteiger partial charge in [0.1, 0.15) is 0 Å². The summed E-state index contributed by atoms with van der Waals surface area (Å²) in [7, 11) is 0. The Morgan fingerprint density at radius 2 is 2.21 bits per heavy atom. The zero-order valence-electron chi connectivity index (χ0n) is 7.37. The molecule has 1 heterocycles. The molecule has 4 nitrogen and oxygen atoms in total. The number of hydrogen-bond donors (Lipinski definition) is 1. The average Bonchev–Trinajstić information content (AvgIpc) is 2.40. The van der Waals surface area contributed by atoms with E-state index in [2.05, 4.69) is 4.98 Å². The monoisotopic (exact) mass is 210 g/mol. The van der Waals surface area contributed by atoms with Gasteiger partial charge in [0, 0.05) is 5.02 Å². The molecule has 2 rings (SSSR count). The van der Waals surface area contributed by atoms with Crippen LogP contribution in [0.2, 0.25) is 5.02 Å². The summed E-state index contributed by atoms with van der Waals surface area (Å²) in [4.78, 5) is 13.3. The Kier molecular flexibility index (Phi) is 1.93. The summed E-state index contributed by atoms with van der Waals surface area (Å²) in [5.74, 6) is 0. The van der Waals surface area contributed by atoms with Crippen LogP contribution in [0.3, 0.4) is 0 Å². The molecule has 1 aromatic carbocycles. The molecule has 0 unspecified atom stereocenters. The van der Waals surface area contributed by atoms with Gasteiger partial charge in [-0.2, -0.15) is 0 Å². The van der Waals surface area contributed by atoms with E-state index in [9.17, 15) is 10.1 Å².